The van der Waals surface area contributed by atoms with Crippen molar-refractivity contribution in [1.29, 1.82) is 0 Å². The molecule has 0 saturated heterocycles. The first-order chi connectivity index (χ1) is 7.61. The lowest BCUT2D eigenvalue weighted by atomic mass is 10.1. The van der Waals surface area contributed by atoms with E-state index in [2.05, 4.69) is 10.2 Å². The van der Waals surface area contributed by atoms with Crippen LogP contribution in [0.3, 0.4) is 0 Å². The number of benzene rings is 1. The number of nitrogens with one attached hydrogen (secondary N) is 1. The van der Waals surface area contributed by atoms with Gasteiger partial charge in [0.2, 0.25) is 0 Å². The molecule has 1 aromatic carbocycles. The molecule has 0 atom stereocenters. The van der Waals surface area contributed by atoms with Gasteiger partial charge in [-0.05, 0) is 18.6 Å². The number of aryl methyl sites for hydroxylation is 1. The average molecular weight is 221 g/mol. The number of aromatic amines is 1. The third-order valence-corrected chi connectivity index (χ3v) is 2.37. The highest BCUT2D eigenvalue weighted by molar-refractivity contribution is 5.69. The minimum absolute atomic E-state index is 0.298. The van der Waals surface area contributed by atoms with E-state index in [4.69, 9.17) is 10.5 Å². The molecule has 4 nitrogen and oxygen atoms in total. The third kappa shape index (κ3) is 1.71. The van der Waals surface area contributed by atoms with Crippen LogP contribution in [0, 0.1) is 12.7 Å². The van der Waals surface area contributed by atoms with E-state index in [0.717, 1.165) is 5.56 Å². The molecule has 5 heteroatoms. The van der Waals surface area contributed by atoms with E-state index in [1.54, 1.807) is 19.1 Å². The Balaban J connectivity index is 2.59. The van der Waals surface area contributed by atoms with Gasteiger partial charge >= 0.3 is 0 Å². The molecule has 0 amide bonds. The van der Waals surface area contributed by atoms with Gasteiger partial charge in [0.1, 0.15) is 17.4 Å². The van der Waals surface area contributed by atoms with Crippen LogP contribution < -0.4 is 10.5 Å². The van der Waals surface area contributed by atoms with E-state index in [9.17, 15) is 4.39 Å². The molecule has 0 unspecified atom stereocenters. The number of rotatable bonds is 2. The quantitative estimate of drug-likeness (QED) is 0.816. The van der Waals surface area contributed by atoms with Gasteiger partial charge in [-0.1, -0.05) is 0 Å². The molecule has 0 radical (unpaired) electrons. The van der Waals surface area contributed by atoms with Gasteiger partial charge in [-0.15, -0.1) is 0 Å². The van der Waals surface area contributed by atoms with Crippen molar-refractivity contribution in [3.05, 3.63) is 29.6 Å². The number of anilines is 1. The molecule has 0 aliphatic rings. The number of hydrogen-bond acceptors (Lipinski definition) is 3. The summed E-state index contributed by atoms with van der Waals surface area (Å²) in [5.41, 5.74) is 7.51. The number of methoxy groups -OCH3 is 1. The normalized spacial score (nSPS) is 10.4. The van der Waals surface area contributed by atoms with Crippen LogP contribution in [-0.4, -0.2) is 17.3 Å². The van der Waals surface area contributed by atoms with Crippen LogP contribution in [0.5, 0.6) is 5.75 Å². The smallest absolute Gasteiger partial charge is 0.145 e. The fourth-order valence-electron chi connectivity index (χ4n) is 1.52. The largest absolute Gasteiger partial charge is 0.496 e. The zero-order valence-corrected chi connectivity index (χ0v) is 9.04. The van der Waals surface area contributed by atoms with Crippen molar-refractivity contribution in [3.8, 4) is 17.0 Å². The van der Waals surface area contributed by atoms with Crippen molar-refractivity contribution in [2.24, 2.45) is 0 Å². The predicted molar refractivity (Wildman–Crippen MR) is 59.7 cm³/mol. The van der Waals surface area contributed by atoms with Crippen molar-refractivity contribution < 1.29 is 9.13 Å². The van der Waals surface area contributed by atoms with Crippen LogP contribution in [-0.2, 0) is 0 Å². The molecule has 0 aliphatic heterocycles. The number of aromatic nitrogens is 2. The Bertz CT molecular complexity index is 522. The summed E-state index contributed by atoms with van der Waals surface area (Å²) in [6.45, 7) is 1.69. The second kappa shape index (κ2) is 3.84. The number of ether oxygens (including phenoxy) is 1. The summed E-state index contributed by atoms with van der Waals surface area (Å²) in [5.74, 6) is 0.541. The Kier molecular flexibility index (Phi) is 2.52. The number of halogens is 1. The molecule has 2 aromatic rings. The summed E-state index contributed by atoms with van der Waals surface area (Å²) < 4.78 is 18.5. The lowest BCUT2D eigenvalue weighted by molar-refractivity contribution is 0.412. The molecule has 0 aliphatic carbocycles. The van der Waals surface area contributed by atoms with Crippen molar-refractivity contribution in [2.45, 2.75) is 6.92 Å². The molecule has 16 heavy (non-hydrogen) atoms. The maximum atomic E-state index is 13.3. The van der Waals surface area contributed by atoms with Crippen molar-refractivity contribution in [1.82, 2.24) is 10.2 Å². The van der Waals surface area contributed by atoms with Gasteiger partial charge in [-0.2, -0.15) is 5.10 Å². The average Bonchev–Trinajstić information content (AvgIpc) is 2.68. The highest BCUT2D eigenvalue weighted by atomic mass is 19.1. The van der Waals surface area contributed by atoms with Gasteiger partial charge in [-0.3, -0.25) is 5.10 Å². The predicted octanol–water partition coefficient (Wildman–Crippen LogP) is 2.12. The van der Waals surface area contributed by atoms with Crippen LogP contribution >= 0.6 is 0 Å². The molecule has 0 fully saturated rings. The van der Waals surface area contributed by atoms with Gasteiger partial charge < -0.3 is 10.5 Å². The second-order valence-corrected chi connectivity index (χ2v) is 3.51. The first-order valence-electron chi connectivity index (χ1n) is 4.77. The van der Waals surface area contributed by atoms with E-state index >= 15 is 0 Å². The van der Waals surface area contributed by atoms with Gasteiger partial charge in [0.05, 0.1) is 12.8 Å². The molecule has 84 valence electrons. The zero-order valence-electron chi connectivity index (χ0n) is 9.04. The standard InChI is InChI=1S/C11H12FN3O/c1-6-3-7(9-5-11(13)15-14-9)10(16-2)4-8(6)12/h3-5H,1-2H3,(H3,13,14,15). The molecule has 1 aromatic heterocycles. The van der Waals surface area contributed by atoms with E-state index in [1.807, 2.05) is 0 Å². The number of hydrogen-bond donors (Lipinski definition) is 2. The Morgan fingerprint density at radius 1 is 1.38 bits per heavy atom. The monoisotopic (exact) mass is 221 g/mol. The molecule has 2 rings (SSSR count). The zero-order chi connectivity index (χ0) is 11.7. The summed E-state index contributed by atoms with van der Waals surface area (Å²) in [6, 6.07) is 4.72. The van der Waals surface area contributed by atoms with Crippen LogP contribution in [0.2, 0.25) is 0 Å². The Labute approximate surface area is 92.2 Å². The number of nitrogen functional groups attached to an aromatic ring is 1. The number of H-pyrrole nitrogens is 1. The van der Waals surface area contributed by atoms with E-state index < -0.39 is 0 Å². The first-order valence-corrected chi connectivity index (χ1v) is 4.77. The molecule has 0 spiro atoms. The fraction of sp³-hybridized carbons (Fsp3) is 0.182. The number of nitrogens with zero attached hydrogens (tertiary/aromatic N) is 1. The lowest BCUT2D eigenvalue weighted by Crippen LogP contribution is -1.92. The van der Waals surface area contributed by atoms with Gasteiger partial charge in [0, 0.05) is 17.7 Å². The summed E-state index contributed by atoms with van der Waals surface area (Å²) >= 11 is 0. The fourth-order valence-corrected chi connectivity index (χ4v) is 1.52. The molecule has 3 N–H and O–H groups in total. The maximum absolute atomic E-state index is 13.3. The first kappa shape index (κ1) is 10.5. The van der Waals surface area contributed by atoms with Crippen molar-refractivity contribution >= 4 is 5.82 Å². The summed E-state index contributed by atoms with van der Waals surface area (Å²) in [4.78, 5) is 0. The van der Waals surface area contributed by atoms with Crippen molar-refractivity contribution in [3.63, 3.8) is 0 Å². The van der Waals surface area contributed by atoms with Crippen LogP contribution in [0.4, 0.5) is 10.2 Å². The van der Waals surface area contributed by atoms with Crippen LogP contribution in [0.1, 0.15) is 5.56 Å². The lowest BCUT2D eigenvalue weighted by Gasteiger charge is -2.08. The molecular formula is C11H12FN3O. The van der Waals surface area contributed by atoms with E-state index in [-0.39, 0.29) is 5.82 Å². The minimum atomic E-state index is -0.298. The van der Waals surface area contributed by atoms with E-state index in [1.165, 1.54) is 13.2 Å². The van der Waals surface area contributed by atoms with Gasteiger partial charge in [0.25, 0.3) is 0 Å². The highest BCUT2D eigenvalue weighted by Crippen LogP contribution is 2.31. The van der Waals surface area contributed by atoms with Crippen LogP contribution in [0.25, 0.3) is 11.3 Å². The third-order valence-electron chi connectivity index (χ3n) is 2.37. The van der Waals surface area contributed by atoms with E-state index in [0.29, 0.717) is 22.8 Å². The summed E-state index contributed by atoms with van der Waals surface area (Å²) in [7, 11) is 1.49. The maximum Gasteiger partial charge on any atom is 0.145 e. The molecular weight excluding hydrogens is 209 g/mol. The van der Waals surface area contributed by atoms with Gasteiger partial charge in [0.15, 0.2) is 0 Å². The Hall–Kier alpha value is -2.04. The highest BCUT2D eigenvalue weighted by Gasteiger charge is 2.11. The minimum Gasteiger partial charge on any atom is -0.496 e. The Morgan fingerprint density at radius 3 is 2.69 bits per heavy atom. The van der Waals surface area contributed by atoms with Crippen molar-refractivity contribution in [2.75, 3.05) is 12.8 Å². The number of nitrogens with two attached hydrogens (primary N) is 1. The van der Waals surface area contributed by atoms with Gasteiger partial charge in [-0.25, -0.2) is 4.39 Å². The molecule has 1 heterocycles. The molecule has 0 saturated carbocycles. The summed E-state index contributed by atoms with van der Waals surface area (Å²) in [6.07, 6.45) is 0. The second-order valence-electron chi connectivity index (χ2n) is 3.51. The van der Waals surface area contributed by atoms with Crippen LogP contribution in [0.15, 0.2) is 18.2 Å². The summed E-state index contributed by atoms with van der Waals surface area (Å²) in [5, 5.41) is 6.59. The Morgan fingerprint density at radius 2 is 2.12 bits per heavy atom. The topological polar surface area (TPSA) is 63.9 Å². The molecule has 0 bridgehead atoms. The SMILES string of the molecule is COc1cc(F)c(C)cc1-c1cc(N)n[nH]1.